The second-order valence-electron chi connectivity index (χ2n) is 6.70. The van der Waals surface area contributed by atoms with E-state index in [-0.39, 0.29) is 0 Å². The molecular weight excluding hydrogens is 288 g/mol. The first-order valence-corrected chi connectivity index (χ1v) is 12.6. The summed E-state index contributed by atoms with van der Waals surface area (Å²) in [4.78, 5) is 0.473. The van der Waals surface area contributed by atoms with Gasteiger partial charge in [0.2, 0.25) is 8.32 Å². The van der Waals surface area contributed by atoms with Crippen LogP contribution in [0.1, 0.15) is 52.9 Å². The van der Waals surface area contributed by atoms with Crippen LogP contribution in [0.4, 0.5) is 0 Å². The third-order valence-electron chi connectivity index (χ3n) is 5.30. The Balaban J connectivity index is 2.24. The molecule has 2 fully saturated rings. The van der Waals surface area contributed by atoms with Crippen molar-refractivity contribution in [1.29, 1.82) is 0 Å². The molecule has 0 aliphatic carbocycles. The summed E-state index contributed by atoms with van der Waals surface area (Å²) >= 11 is 4.98. The van der Waals surface area contributed by atoms with Crippen LogP contribution in [0.3, 0.4) is 0 Å². The Kier molecular flexibility index (Phi) is 5.62. The van der Waals surface area contributed by atoms with Crippen molar-refractivity contribution < 1.29 is 8.85 Å². The molecule has 2 saturated heterocycles. The number of hydrogen-bond acceptors (Lipinski definition) is 3. The summed E-state index contributed by atoms with van der Waals surface area (Å²) in [5.74, 6) is 0. The van der Waals surface area contributed by atoms with Gasteiger partial charge in [0.15, 0.2) is 9.04 Å². The van der Waals surface area contributed by atoms with Crippen LogP contribution in [0.15, 0.2) is 0 Å². The van der Waals surface area contributed by atoms with E-state index in [1.807, 2.05) is 0 Å². The monoisotopic (exact) mass is 318 g/mol. The van der Waals surface area contributed by atoms with Crippen LogP contribution in [0, 0.1) is 0 Å². The van der Waals surface area contributed by atoms with Crippen LogP contribution in [0.25, 0.3) is 0 Å². The standard InChI is InChI=1S/C14H30O2SSi2/c1-4-13(17)19(12-8-6-10-16-19)14(2,3)18-11-7-5-9-15-18/h13,17-18H,4-12H2,1-3H3. The summed E-state index contributed by atoms with van der Waals surface area (Å²) in [5.41, 5.74) is 0. The minimum Gasteiger partial charge on any atom is -0.420 e. The van der Waals surface area contributed by atoms with Crippen molar-refractivity contribution in [3.63, 3.8) is 0 Å². The summed E-state index contributed by atoms with van der Waals surface area (Å²) in [6.07, 6.45) is 6.34. The van der Waals surface area contributed by atoms with E-state index < -0.39 is 17.4 Å². The largest absolute Gasteiger partial charge is 0.420 e. The van der Waals surface area contributed by atoms with Gasteiger partial charge in [0, 0.05) is 22.7 Å². The SMILES string of the molecule is CCC(S)[Si]1(C(C)(C)[SiH]2CCCCO2)CCCCO1. The fourth-order valence-corrected chi connectivity index (χ4v) is 17.0. The van der Waals surface area contributed by atoms with Crippen LogP contribution < -0.4 is 0 Å². The average Bonchev–Trinajstić information content (AvgIpc) is 2.47. The highest BCUT2D eigenvalue weighted by atomic mass is 32.1. The van der Waals surface area contributed by atoms with E-state index in [4.69, 9.17) is 21.5 Å². The van der Waals surface area contributed by atoms with Gasteiger partial charge in [-0.15, -0.1) is 0 Å². The second-order valence-corrected chi connectivity index (χ2v) is 16.3. The molecule has 0 aromatic heterocycles. The maximum absolute atomic E-state index is 6.55. The Morgan fingerprint density at radius 2 is 1.95 bits per heavy atom. The number of thiol groups is 1. The van der Waals surface area contributed by atoms with Crippen molar-refractivity contribution in [2.75, 3.05) is 13.2 Å². The highest BCUT2D eigenvalue weighted by molar-refractivity contribution is 7.83. The molecule has 0 radical (unpaired) electrons. The number of hydrogen-bond donors (Lipinski definition) is 1. The lowest BCUT2D eigenvalue weighted by Crippen LogP contribution is -2.63. The molecule has 5 heteroatoms. The van der Waals surface area contributed by atoms with Crippen molar-refractivity contribution in [2.24, 2.45) is 0 Å². The summed E-state index contributed by atoms with van der Waals surface area (Å²) in [5, 5.41) is 0. The molecule has 3 atom stereocenters. The molecule has 2 aliphatic heterocycles. The summed E-state index contributed by atoms with van der Waals surface area (Å²) in [6, 6.07) is 2.64. The van der Waals surface area contributed by atoms with Crippen molar-refractivity contribution in [3.8, 4) is 0 Å². The van der Waals surface area contributed by atoms with E-state index in [0.717, 1.165) is 19.6 Å². The van der Waals surface area contributed by atoms with E-state index >= 15 is 0 Å². The lowest BCUT2D eigenvalue weighted by atomic mass is 10.4. The highest BCUT2D eigenvalue weighted by Gasteiger charge is 2.58. The van der Waals surface area contributed by atoms with Gasteiger partial charge in [-0.25, -0.2) is 0 Å². The van der Waals surface area contributed by atoms with Gasteiger partial charge < -0.3 is 8.85 Å². The first kappa shape index (κ1) is 16.1. The first-order valence-electron chi connectivity index (χ1n) is 7.98. The third-order valence-corrected chi connectivity index (χ3v) is 18.0. The fourth-order valence-electron chi connectivity index (χ4n) is 3.93. The summed E-state index contributed by atoms with van der Waals surface area (Å²) < 4.78 is 13.1. The van der Waals surface area contributed by atoms with Gasteiger partial charge in [-0.2, -0.15) is 12.6 Å². The van der Waals surface area contributed by atoms with Gasteiger partial charge in [-0.3, -0.25) is 0 Å². The molecule has 0 spiro atoms. The molecule has 0 amide bonds. The Hall–Kier alpha value is 0.704. The molecule has 0 aromatic rings. The Labute approximate surface area is 126 Å². The maximum atomic E-state index is 6.55. The average molecular weight is 319 g/mol. The highest BCUT2D eigenvalue weighted by Crippen LogP contribution is 2.51. The minimum absolute atomic E-state index is 0.316. The molecule has 0 N–H and O–H groups in total. The molecule has 0 bridgehead atoms. The number of rotatable bonds is 4. The van der Waals surface area contributed by atoms with Crippen molar-refractivity contribution in [2.45, 2.75) is 74.5 Å². The van der Waals surface area contributed by atoms with Crippen LogP contribution in [-0.2, 0) is 8.85 Å². The Morgan fingerprint density at radius 1 is 1.21 bits per heavy atom. The van der Waals surface area contributed by atoms with Gasteiger partial charge in [0.25, 0.3) is 0 Å². The van der Waals surface area contributed by atoms with Crippen molar-refractivity contribution in [1.82, 2.24) is 0 Å². The Bertz CT molecular complexity index is 287. The van der Waals surface area contributed by atoms with E-state index in [0.29, 0.717) is 9.53 Å². The second kappa shape index (κ2) is 6.64. The fraction of sp³-hybridized carbons (Fsp3) is 1.00. The molecule has 0 saturated carbocycles. The third kappa shape index (κ3) is 3.00. The molecule has 2 heterocycles. The van der Waals surface area contributed by atoms with Crippen LogP contribution >= 0.6 is 12.6 Å². The lowest BCUT2D eigenvalue weighted by molar-refractivity contribution is 0.236. The molecular formula is C14H30O2SSi2. The minimum atomic E-state index is -1.80. The molecule has 3 unspecified atom stereocenters. The molecule has 2 rings (SSSR count). The normalized spacial score (nSPS) is 35.1. The van der Waals surface area contributed by atoms with E-state index in [1.54, 1.807) is 0 Å². The van der Waals surface area contributed by atoms with Gasteiger partial charge in [0.1, 0.15) is 0 Å². The molecule has 112 valence electrons. The van der Waals surface area contributed by atoms with Crippen LogP contribution in [-0.4, -0.2) is 35.4 Å². The molecule has 19 heavy (non-hydrogen) atoms. The zero-order chi connectivity index (χ0) is 13.9. The maximum Gasteiger partial charge on any atom is 0.210 e. The first-order chi connectivity index (χ1) is 9.04. The smallest absolute Gasteiger partial charge is 0.210 e. The lowest BCUT2D eigenvalue weighted by Gasteiger charge is -2.52. The molecule has 2 nitrogen and oxygen atoms in total. The zero-order valence-electron chi connectivity index (χ0n) is 12.8. The van der Waals surface area contributed by atoms with Crippen molar-refractivity contribution >= 4 is 30.0 Å². The Morgan fingerprint density at radius 3 is 2.47 bits per heavy atom. The van der Waals surface area contributed by atoms with Gasteiger partial charge in [0.05, 0.1) is 0 Å². The zero-order valence-corrected chi connectivity index (χ0v) is 15.8. The van der Waals surface area contributed by atoms with Gasteiger partial charge in [-0.05, 0) is 31.4 Å². The molecule has 2 aliphatic rings. The quantitative estimate of drug-likeness (QED) is 0.627. The summed E-state index contributed by atoms with van der Waals surface area (Å²) in [7, 11) is -2.96. The van der Waals surface area contributed by atoms with E-state index in [9.17, 15) is 0 Å². The predicted molar refractivity (Wildman–Crippen MR) is 90.0 cm³/mol. The topological polar surface area (TPSA) is 18.5 Å². The van der Waals surface area contributed by atoms with Crippen LogP contribution in [0.2, 0.25) is 16.7 Å². The summed E-state index contributed by atoms with van der Waals surface area (Å²) in [6.45, 7) is 9.16. The van der Waals surface area contributed by atoms with E-state index in [1.165, 1.54) is 37.8 Å². The molecule has 0 aromatic carbocycles. The predicted octanol–water partition coefficient (Wildman–Crippen LogP) is 3.84. The van der Waals surface area contributed by atoms with Gasteiger partial charge >= 0.3 is 0 Å². The van der Waals surface area contributed by atoms with Crippen LogP contribution in [0.5, 0.6) is 0 Å². The van der Waals surface area contributed by atoms with E-state index in [2.05, 4.69) is 20.8 Å². The van der Waals surface area contributed by atoms with Gasteiger partial charge in [-0.1, -0.05) is 33.6 Å². The van der Waals surface area contributed by atoms with Crippen molar-refractivity contribution in [3.05, 3.63) is 0 Å².